The van der Waals surface area contributed by atoms with E-state index in [2.05, 4.69) is 54.3 Å². The quantitative estimate of drug-likeness (QED) is 0.223. The summed E-state index contributed by atoms with van der Waals surface area (Å²) >= 11 is 0. The summed E-state index contributed by atoms with van der Waals surface area (Å²) in [5.74, 6) is 12.8. The molecule has 6 atom stereocenters. The molecule has 3 aromatic rings. The van der Waals surface area contributed by atoms with E-state index in [4.69, 9.17) is 18.9 Å². The van der Waals surface area contributed by atoms with Gasteiger partial charge in [0, 0.05) is 63.7 Å². The van der Waals surface area contributed by atoms with Crippen LogP contribution in [0.2, 0.25) is 0 Å². The average Bonchev–Trinajstić information content (AvgIpc) is 4.02. The first kappa shape index (κ1) is 41.3. The van der Waals surface area contributed by atoms with E-state index >= 15 is 0 Å². The fourth-order valence-corrected chi connectivity index (χ4v) is 6.75. The third-order valence-corrected chi connectivity index (χ3v) is 9.92. The molecule has 1 aromatic carbocycles. The summed E-state index contributed by atoms with van der Waals surface area (Å²) in [6.45, 7) is 8.15. The molecule has 2 saturated heterocycles. The van der Waals surface area contributed by atoms with Crippen molar-refractivity contribution >= 4 is 24.0 Å². The Morgan fingerprint density at radius 1 is 0.661 bits per heavy atom. The number of imidazole rings is 2. The number of carbonyl (C=O) groups excluding carboxylic acids is 4. The molecule has 0 unspecified atom stereocenters. The zero-order chi connectivity index (χ0) is 40.5. The first-order valence-corrected chi connectivity index (χ1v) is 18.5. The number of ether oxygens (including phenoxy) is 4. The number of benzene rings is 1. The Morgan fingerprint density at radius 2 is 1.04 bits per heavy atom. The molecule has 2 aliphatic heterocycles. The highest BCUT2D eigenvalue weighted by molar-refractivity contribution is 5.87. The lowest BCUT2D eigenvalue weighted by molar-refractivity contribution is -0.136. The molecule has 0 bridgehead atoms. The number of nitrogens with zero attached hydrogens (tertiary/aromatic N) is 4. The zero-order valence-electron chi connectivity index (χ0n) is 33.0. The molecule has 4 N–H and O–H groups in total. The fourth-order valence-electron chi connectivity index (χ4n) is 6.75. The van der Waals surface area contributed by atoms with Crippen molar-refractivity contribution in [3.8, 4) is 23.7 Å². The minimum Gasteiger partial charge on any atom is -0.453 e. The van der Waals surface area contributed by atoms with Crippen molar-refractivity contribution in [3.63, 3.8) is 0 Å². The molecule has 16 heteroatoms. The molecule has 2 fully saturated rings. The monoisotopic (exact) mass is 770 g/mol. The summed E-state index contributed by atoms with van der Waals surface area (Å²) in [4.78, 5) is 70.3. The number of methoxy groups -OCH3 is 4. The Labute approximate surface area is 326 Å². The van der Waals surface area contributed by atoms with E-state index in [9.17, 15) is 19.2 Å². The molecule has 298 valence electrons. The number of aromatic amines is 2. The van der Waals surface area contributed by atoms with Crippen LogP contribution >= 0.6 is 0 Å². The standard InChI is InChI=1S/C40H50N8O8/c1-23(2)33(45-39(51)55-7)37(49)47-21-29(53-5)17-31(47)35-41-19-27(43-35)15-13-25-9-11-26(12-10-25)14-16-28-20-42-36(44-28)32-18-30(54-6)22-48(32)38(50)34(24(3)4)46-40(52)56-8/h9-12,19-20,23-24,29-34H,17-18,21-22H2,1-8H3,(H,41,43)(H,42,44)(H,45,51)(H,46,52)/t29-,30-,31-,32-,33-,34-/m0/s1. The summed E-state index contributed by atoms with van der Waals surface area (Å²) < 4.78 is 20.7. The fraction of sp³-hybridized carbons (Fsp3) is 0.500. The number of alkyl carbamates (subject to hydrolysis) is 2. The molecule has 0 radical (unpaired) electrons. The van der Waals surface area contributed by atoms with Gasteiger partial charge in [-0.3, -0.25) is 9.59 Å². The minimum absolute atomic E-state index is 0.170. The van der Waals surface area contributed by atoms with Crippen LogP contribution in [0.5, 0.6) is 0 Å². The maximum atomic E-state index is 13.6. The first-order chi connectivity index (χ1) is 26.8. The van der Waals surface area contributed by atoms with E-state index in [1.807, 2.05) is 52.0 Å². The van der Waals surface area contributed by atoms with Crippen LogP contribution in [0.15, 0.2) is 36.7 Å². The maximum Gasteiger partial charge on any atom is 0.407 e. The second kappa shape index (κ2) is 18.7. The van der Waals surface area contributed by atoms with Crippen molar-refractivity contribution in [2.45, 2.75) is 76.9 Å². The van der Waals surface area contributed by atoms with Crippen molar-refractivity contribution < 1.29 is 38.1 Å². The summed E-state index contributed by atoms with van der Waals surface area (Å²) in [6, 6.07) is 5.13. The number of nitrogens with one attached hydrogen (secondary N) is 4. The number of rotatable bonds is 10. The third kappa shape index (κ3) is 9.87. The van der Waals surface area contributed by atoms with Crippen molar-refractivity contribution in [2.24, 2.45) is 11.8 Å². The van der Waals surface area contributed by atoms with Crippen molar-refractivity contribution in [1.82, 2.24) is 40.4 Å². The van der Waals surface area contributed by atoms with E-state index in [-0.39, 0.29) is 47.9 Å². The third-order valence-electron chi connectivity index (χ3n) is 9.92. The Morgan fingerprint density at radius 3 is 1.36 bits per heavy atom. The summed E-state index contributed by atoms with van der Waals surface area (Å²) in [6.07, 6.45) is 2.76. The lowest BCUT2D eigenvalue weighted by Gasteiger charge is -2.29. The molecule has 2 aromatic heterocycles. The van der Waals surface area contributed by atoms with Gasteiger partial charge < -0.3 is 49.3 Å². The molecule has 2 aliphatic rings. The van der Waals surface area contributed by atoms with E-state index in [0.29, 0.717) is 49.0 Å². The number of aromatic nitrogens is 4. The zero-order valence-corrected chi connectivity index (χ0v) is 33.0. The van der Waals surface area contributed by atoms with E-state index in [1.165, 1.54) is 14.2 Å². The van der Waals surface area contributed by atoms with E-state index < -0.39 is 24.3 Å². The smallest absolute Gasteiger partial charge is 0.407 e. The van der Waals surface area contributed by atoms with Gasteiger partial charge in [0.05, 0.1) is 38.5 Å². The second-order valence-electron chi connectivity index (χ2n) is 14.3. The van der Waals surface area contributed by atoms with Crippen LogP contribution in [-0.4, -0.2) is 120 Å². The lowest BCUT2D eigenvalue weighted by Crippen LogP contribution is -2.51. The van der Waals surface area contributed by atoms with Crippen LogP contribution in [-0.2, 0) is 28.5 Å². The molecule has 56 heavy (non-hydrogen) atoms. The van der Waals surface area contributed by atoms with Gasteiger partial charge in [-0.1, -0.05) is 39.5 Å². The number of likely N-dealkylation sites (tertiary alicyclic amines) is 2. The molecule has 0 aliphatic carbocycles. The van der Waals surface area contributed by atoms with Crippen LogP contribution in [0.4, 0.5) is 9.59 Å². The van der Waals surface area contributed by atoms with Gasteiger partial charge in [0.2, 0.25) is 11.8 Å². The number of amides is 4. The summed E-state index contributed by atoms with van der Waals surface area (Å²) in [5.41, 5.74) is 2.54. The normalized spacial score (nSPS) is 20.1. The van der Waals surface area contributed by atoms with Gasteiger partial charge in [-0.25, -0.2) is 19.6 Å². The average molecular weight is 771 g/mol. The number of hydrogen-bond donors (Lipinski definition) is 4. The number of carbonyl (C=O) groups is 4. The molecule has 5 rings (SSSR count). The summed E-state index contributed by atoms with van der Waals surface area (Å²) in [5, 5.41) is 5.31. The van der Waals surface area contributed by atoms with Gasteiger partial charge in [-0.05, 0) is 47.9 Å². The van der Waals surface area contributed by atoms with Crippen LogP contribution in [0.1, 0.15) is 86.8 Å². The van der Waals surface area contributed by atoms with Crippen LogP contribution < -0.4 is 10.6 Å². The molecular formula is C40H50N8O8. The Balaban J connectivity index is 1.24. The summed E-state index contributed by atoms with van der Waals surface area (Å²) in [7, 11) is 5.74. The Hall–Kier alpha value is -5.84. The molecule has 0 spiro atoms. The number of H-pyrrole nitrogens is 2. The first-order valence-electron chi connectivity index (χ1n) is 18.5. The predicted octanol–water partition coefficient (Wildman–Crippen LogP) is 3.27. The van der Waals surface area contributed by atoms with Gasteiger partial charge in [0.15, 0.2) is 0 Å². The Bertz CT molecular complexity index is 1840. The SMILES string of the molecule is COC(=O)N[C@H](C(=O)N1C[C@@H](OC)C[C@H]1c1nc(C#Cc2ccc(C#Cc3c[nH]c([C@@H]4C[C@H](OC)CN4C(=O)[C@@H](NC(=O)OC)C(C)C)n3)cc2)c[nH]1)C(C)C. The minimum atomic E-state index is -0.773. The maximum absolute atomic E-state index is 13.6. The molecule has 4 heterocycles. The Kier molecular flexibility index (Phi) is 13.8. The van der Waals surface area contributed by atoms with Gasteiger partial charge in [-0.15, -0.1) is 0 Å². The highest BCUT2D eigenvalue weighted by atomic mass is 16.5. The van der Waals surface area contributed by atoms with Gasteiger partial charge in [0.1, 0.15) is 35.1 Å². The highest BCUT2D eigenvalue weighted by Crippen LogP contribution is 2.34. The second-order valence-corrected chi connectivity index (χ2v) is 14.3. The van der Waals surface area contributed by atoms with Crippen molar-refractivity contribution in [1.29, 1.82) is 0 Å². The molecule has 16 nitrogen and oxygen atoms in total. The largest absolute Gasteiger partial charge is 0.453 e. The molecule has 4 amide bonds. The van der Waals surface area contributed by atoms with Crippen molar-refractivity contribution in [3.05, 3.63) is 70.8 Å². The van der Waals surface area contributed by atoms with Crippen LogP contribution in [0.3, 0.4) is 0 Å². The topological polar surface area (TPSA) is 193 Å². The van der Waals surface area contributed by atoms with Crippen molar-refractivity contribution in [2.75, 3.05) is 41.5 Å². The molecular weight excluding hydrogens is 720 g/mol. The van der Waals surface area contributed by atoms with Crippen LogP contribution in [0, 0.1) is 35.5 Å². The van der Waals surface area contributed by atoms with Crippen LogP contribution in [0.25, 0.3) is 0 Å². The van der Waals surface area contributed by atoms with Gasteiger partial charge in [-0.2, -0.15) is 0 Å². The predicted molar refractivity (Wildman–Crippen MR) is 204 cm³/mol. The lowest BCUT2D eigenvalue weighted by atomic mass is 10.0. The van der Waals surface area contributed by atoms with Gasteiger partial charge in [0.25, 0.3) is 0 Å². The highest BCUT2D eigenvalue weighted by Gasteiger charge is 2.43. The molecule has 0 saturated carbocycles. The van der Waals surface area contributed by atoms with E-state index in [1.54, 1.807) is 36.4 Å². The van der Waals surface area contributed by atoms with E-state index in [0.717, 1.165) is 11.1 Å². The van der Waals surface area contributed by atoms with Gasteiger partial charge >= 0.3 is 12.2 Å². The number of hydrogen-bond acceptors (Lipinski definition) is 10.